The van der Waals surface area contributed by atoms with E-state index in [9.17, 15) is 4.79 Å². The van der Waals surface area contributed by atoms with Gasteiger partial charge in [0.1, 0.15) is 0 Å². The van der Waals surface area contributed by atoms with Crippen LogP contribution in [0.5, 0.6) is 0 Å². The fraction of sp³-hybridized carbons (Fsp3) is 0.467. The molecule has 2 aliphatic rings. The summed E-state index contributed by atoms with van der Waals surface area (Å²) in [4.78, 5) is 14.9. The highest BCUT2D eigenvalue weighted by atomic mass is 16.2. The maximum absolute atomic E-state index is 12.8. The number of nitrogens with one attached hydrogen (secondary N) is 1. The third-order valence-corrected chi connectivity index (χ3v) is 4.68. The molecule has 2 aromatic rings. The fourth-order valence-corrected chi connectivity index (χ4v) is 3.80. The summed E-state index contributed by atoms with van der Waals surface area (Å²) >= 11 is 0. The molecule has 3 N–H and O–H groups in total. The normalized spacial score (nSPS) is 29.1. The molecule has 2 fully saturated rings. The number of carbonyl (C=O) groups is 1. The molecule has 1 amide bonds. The number of H-pyrrole nitrogens is 1. The molecule has 20 heavy (non-hydrogen) atoms. The molecule has 0 radical (unpaired) electrons. The van der Waals surface area contributed by atoms with Gasteiger partial charge in [-0.3, -0.25) is 9.89 Å². The zero-order valence-corrected chi connectivity index (χ0v) is 11.2. The number of hydrogen-bond acceptors (Lipinski definition) is 3. The van der Waals surface area contributed by atoms with Crippen LogP contribution in [0.4, 0.5) is 0 Å². The molecule has 2 unspecified atom stereocenters. The molecule has 2 saturated heterocycles. The van der Waals surface area contributed by atoms with E-state index in [0.717, 1.165) is 36.6 Å². The molecule has 1 aromatic heterocycles. The lowest BCUT2D eigenvalue weighted by atomic mass is 9.97. The number of hydrogen-bond donors (Lipinski definition) is 2. The lowest BCUT2D eigenvalue weighted by molar-refractivity contribution is 0.0571. The third kappa shape index (κ3) is 1.66. The van der Waals surface area contributed by atoms with Crippen LogP contribution in [0, 0.1) is 0 Å². The van der Waals surface area contributed by atoms with Gasteiger partial charge in [-0.15, -0.1) is 0 Å². The molecule has 0 saturated carbocycles. The molecule has 4 rings (SSSR count). The Kier molecular flexibility index (Phi) is 2.57. The van der Waals surface area contributed by atoms with Crippen molar-refractivity contribution in [3.8, 4) is 0 Å². The van der Waals surface area contributed by atoms with Crippen LogP contribution in [0.1, 0.15) is 36.2 Å². The van der Waals surface area contributed by atoms with Gasteiger partial charge in [-0.05, 0) is 31.7 Å². The third-order valence-electron chi connectivity index (χ3n) is 4.68. The first-order valence-electron chi connectivity index (χ1n) is 7.25. The van der Waals surface area contributed by atoms with Gasteiger partial charge in [-0.1, -0.05) is 18.2 Å². The van der Waals surface area contributed by atoms with Crippen LogP contribution in [-0.2, 0) is 0 Å². The predicted molar refractivity (Wildman–Crippen MR) is 76.3 cm³/mol. The number of benzene rings is 1. The van der Waals surface area contributed by atoms with Crippen molar-refractivity contribution >= 4 is 16.8 Å². The summed E-state index contributed by atoms with van der Waals surface area (Å²) in [5.74, 6) is 0.0573. The maximum atomic E-state index is 12.8. The largest absolute Gasteiger partial charge is 0.331 e. The molecule has 2 atom stereocenters. The number of para-hydroxylation sites is 1. The van der Waals surface area contributed by atoms with Crippen LogP contribution in [0.25, 0.3) is 10.9 Å². The van der Waals surface area contributed by atoms with Gasteiger partial charge in [0, 0.05) is 23.5 Å². The quantitative estimate of drug-likeness (QED) is 0.827. The van der Waals surface area contributed by atoms with Gasteiger partial charge in [-0.2, -0.15) is 5.10 Å². The van der Waals surface area contributed by atoms with E-state index in [1.807, 2.05) is 29.2 Å². The molecule has 5 heteroatoms. The molecule has 2 bridgehead atoms. The second-order valence-electron chi connectivity index (χ2n) is 5.95. The van der Waals surface area contributed by atoms with E-state index in [1.54, 1.807) is 0 Å². The lowest BCUT2D eigenvalue weighted by Crippen LogP contribution is -2.50. The molecule has 104 valence electrons. The summed E-state index contributed by atoms with van der Waals surface area (Å²) in [7, 11) is 0. The summed E-state index contributed by atoms with van der Waals surface area (Å²) < 4.78 is 0. The zero-order valence-electron chi connectivity index (χ0n) is 11.2. The Morgan fingerprint density at radius 2 is 1.95 bits per heavy atom. The molecular formula is C15H18N4O. The van der Waals surface area contributed by atoms with Gasteiger partial charge in [0.05, 0.1) is 5.52 Å². The van der Waals surface area contributed by atoms with Crippen LogP contribution in [0.15, 0.2) is 24.3 Å². The van der Waals surface area contributed by atoms with Crippen LogP contribution in [0.2, 0.25) is 0 Å². The number of amides is 1. The summed E-state index contributed by atoms with van der Waals surface area (Å²) in [5.41, 5.74) is 7.53. The Hall–Kier alpha value is -1.88. The number of nitrogens with zero attached hydrogens (tertiary/aromatic N) is 2. The smallest absolute Gasteiger partial charge is 0.275 e. The van der Waals surface area contributed by atoms with Crippen molar-refractivity contribution in [1.82, 2.24) is 15.1 Å². The number of aromatic nitrogens is 2. The van der Waals surface area contributed by atoms with Crippen LogP contribution >= 0.6 is 0 Å². The standard InChI is InChI=1S/C15H18N4O/c16-9-7-10-5-6-11(8-9)19(10)15(20)14-12-3-1-2-4-13(12)17-18-14/h1-4,9-11H,5-8,16H2,(H,17,18). The van der Waals surface area contributed by atoms with Crippen molar-refractivity contribution in [2.75, 3.05) is 0 Å². The Bertz CT molecular complexity index is 651. The minimum absolute atomic E-state index is 0.0573. The average Bonchev–Trinajstić information content (AvgIpc) is 2.98. The molecule has 3 heterocycles. The summed E-state index contributed by atoms with van der Waals surface area (Å²) in [6.45, 7) is 0. The van der Waals surface area contributed by atoms with E-state index in [0.29, 0.717) is 17.8 Å². The second-order valence-corrected chi connectivity index (χ2v) is 5.95. The highest BCUT2D eigenvalue weighted by Crippen LogP contribution is 2.36. The van der Waals surface area contributed by atoms with E-state index in [1.165, 1.54) is 0 Å². The molecule has 5 nitrogen and oxygen atoms in total. The van der Waals surface area contributed by atoms with E-state index >= 15 is 0 Å². The molecule has 1 aromatic carbocycles. The van der Waals surface area contributed by atoms with Crippen molar-refractivity contribution in [1.29, 1.82) is 0 Å². The van der Waals surface area contributed by atoms with Gasteiger partial charge in [0.15, 0.2) is 5.69 Å². The number of rotatable bonds is 1. The number of carbonyl (C=O) groups excluding carboxylic acids is 1. The Labute approximate surface area is 117 Å². The highest BCUT2D eigenvalue weighted by molar-refractivity contribution is 6.05. The van der Waals surface area contributed by atoms with Crippen LogP contribution in [-0.4, -0.2) is 39.1 Å². The van der Waals surface area contributed by atoms with Crippen LogP contribution in [0.3, 0.4) is 0 Å². The zero-order chi connectivity index (χ0) is 13.7. The van der Waals surface area contributed by atoms with Crippen molar-refractivity contribution in [3.05, 3.63) is 30.0 Å². The summed E-state index contributed by atoms with van der Waals surface area (Å²) in [5, 5.41) is 8.09. The van der Waals surface area contributed by atoms with Crippen molar-refractivity contribution < 1.29 is 4.79 Å². The fourth-order valence-electron chi connectivity index (χ4n) is 3.80. The van der Waals surface area contributed by atoms with E-state index in [2.05, 4.69) is 10.2 Å². The van der Waals surface area contributed by atoms with Gasteiger partial charge in [0.25, 0.3) is 5.91 Å². The number of nitrogens with two attached hydrogens (primary N) is 1. The topological polar surface area (TPSA) is 75.0 Å². The Balaban J connectivity index is 1.71. The highest BCUT2D eigenvalue weighted by Gasteiger charge is 2.43. The van der Waals surface area contributed by atoms with Gasteiger partial charge < -0.3 is 10.6 Å². The minimum atomic E-state index is 0.0573. The van der Waals surface area contributed by atoms with E-state index < -0.39 is 0 Å². The van der Waals surface area contributed by atoms with Crippen molar-refractivity contribution in [2.24, 2.45) is 5.73 Å². The molecule has 0 spiro atoms. The Morgan fingerprint density at radius 3 is 2.70 bits per heavy atom. The van der Waals surface area contributed by atoms with Gasteiger partial charge >= 0.3 is 0 Å². The summed E-state index contributed by atoms with van der Waals surface area (Å²) in [6, 6.07) is 8.61. The average molecular weight is 270 g/mol. The molecule has 2 aliphatic heterocycles. The number of fused-ring (bicyclic) bond motifs is 3. The number of aromatic amines is 1. The molecule has 0 aliphatic carbocycles. The van der Waals surface area contributed by atoms with E-state index in [-0.39, 0.29) is 11.9 Å². The lowest BCUT2D eigenvalue weighted by Gasteiger charge is -2.37. The van der Waals surface area contributed by atoms with Crippen molar-refractivity contribution in [2.45, 2.75) is 43.8 Å². The SMILES string of the molecule is NC1CC2CCC(C1)N2C(=O)c1n[nH]c2ccccc12. The maximum Gasteiger partial charge on any atom is 0.275 e. The summed E-state index contributed by atoms with van der Waals surface area (Å²) in [6.07, 6.45) is 3.99. The van der Waals surface area contributed by atoms with Gasteiger partial charge in [-0.25, -0.2) is 0 Å². The second kappa shape index (κ2) is 4.31. The van der Waals surface area contributed by atoms with Crippen LogP contribution < -0.4 is 5.73 Å². The van der Waals surface area contributed by atoms with Gasteiger partial charge in [0.2, 0.25) is 0 Å². The van der Waals surface area contributed by atoms with Crippen molar-refractivity contribution in [3.63, 3.8) is 0 Å². The first-order valence-corrected chi connectivity index (χ1v) is 7.25. The Morgan fingerprint density at radius 1 is 1.25 bits per heavy atom. The monoisotopic (exact) mass is 270 g/mol. The first-order chi connectivity index (χ1) is 9.74. The predicted octanol–water partition coefficient (Wildman–Crippen LogP) is 1.66. The molecular weight excluding hydrogens is 252 g/mol. The first kappa shape index (κ1) is 11.9. The number of piperidine rings is 1. The van der Waals surface area contributed by atoms with E-state index in [4.69, 9.17) is 5.73 Å². The minimum Gasteiger partial charge on any atom is -0.331 e.